The van der Waals surface area contributed by atoms with Crippen molar-refractivity contribution in [2.24, 2.45) is 17.3 Å². The molecule has 3 rings (SSSR count). The van der Waals surface area contributed by atoms with E-state index in [-0.39, 0.29) is 17.7 Å². The Morgan fingerprint density at radius 3 is 3.08 bits per heavy atom. The molecule has 68 valence electrons. The molecular formula is C10H10O3. The number of cyclic esters (lactones) is 1. The van der Waals surface area contributed by atoms with Crippen molar-refractivity contribution in [3.8, 4) is 0 Å². The lowest BCUT2D eigenvalue weighted by Crippen LogP contribution is -2.34. The summed E-state index contributed by atoms with van der Waals surface area (Å²) in [4.78, 5) is 23.0. The molecule has 2 bridgehead atoms. The molecule has 0 amide bonds. The van der Waals surface area contributed by atoms with Gasteiger partial charge in [-0.3, -0.25) is 9.59 Å². The Hall–Kier alpha value is -1.12. The molecule has 3 aliphatic rings. The SMILES string of the molecule is O=C1OC[C@]23C[C@H](C=C[C@H]12)CC3=O. The first kappa shape index (κ1) is 7.30. The Morgan fingerprint density at radius 1 is 1.38 bits per heavy atom. The average Bonchev–Trinajstić information content (AvgIpc) is 2.56. The highest BCUT2D eigenvalue weighted by Gasteiger charge is 2.59. The number of ether oxygens (including phenoxy) is 1. The van der Waals surface area contributed by atoms with E-state index >= 15 is 0 Å². The first-order chi connectivity index (χ1) is 6.22. The second-order valence-electron chi connectivity index (χ2n) is 4.22. The van der Waals surface area contributed by atoms with Crippen LogP contribution in [0.3, 0.4) is 0 Å². The maximum atomic E-state index is 11.7. The topological polar surface area (TPSA) is 43.4 Å². The number of carbonyl (C=O) groups is 2. The fraction of sp³-hybridized carbons (Fsp3) is 0.600. The summed E-state index contributed by atoms with van der Waals surface area (Å²) >= 11 is 0. The zero-order chi connectivity index (χ0) is 9.05. The van der Waals surface area contributed by atoms with Gasteiger partial charge in [0.05, 0.1) is 11.3 Å². The molecule has 1 spiro atoms. The molecular weight excluding hydrogens is 168 g/mol. The smallest absolute Gasteiger partial charge is 0.313 e. The quantitative estimate of drug-likeness (QED) is 0.405. The van der Waals surface area contributed by atoms with E-state index in [0.29, 0.717) is 18.9 Å². The zero-order valence-corrected chi connectivity index (χ0v) is 7.16. The van der Waals surface area contributed by atoms with E-state index in [2.05, 4.69) is 0 Å². The van der Waals surface area contributed by atoms with Gasteiger partial charge in [0.2, 0.25) is 0 Å². The summed E-state index contributed by atoms with van der Waals surface area (Å²) in [7, 11) is 0. The summed E-state index contributed by atoms with van der Waals surface area (Å²) in [5.74, 6) is 0.0836. The largest absolute Gasteiger partial charge is 0.464 e. The molecule has 3 heteroatoms. The lowest BCUT2D eigenvalue weighted by atomic mass is 9.72. The van der Waals surface area contributed by atoms with Gasteiger partial charge in [-0.05, 0) is 12.3 Å². The molecule has 13 heavy (non-hydrogen) atoms. The van der Waals surface area contributed by atoms with Crippen molar-refractivity contribution in [3.05, 3.63) is 12.2 Å². The standard InChI is InChI=1S/C10H10O3/c11-8-3-6-1-2-7-9(12)13-5-10(7,8)4-6/h1-2,6-7H,3-5H2/t6-,7-,10-/m1/s1. The number of Topliss-reactive ketones (excluding diaryl/α,β-unsaturated/α-hetero) is 1. The minimum absolute atomic E-state index is 0.218. The highest BCUT2D eigenvalue weighted by Crippen LogP contribution is 2.52. The first-order valence-electron chi connectivity index (χ1n) is 4.61. The maximum Gasteiger partial charge on any atom is 0.313 e. The molecule has 1 saturated heterocycles. The molecule has 0 N–H and O–H groups in total. The number of esters is 1. The summed E-state index contributed by atoms with van der Waals surface area (Å²) in [6, 6.07) is 0. The van der Waals surface area contributed by atoms with Crippen LogP contribution in [-0.2, 0) is 14.3 Å². The van der Waals surface area contributed by atoms with Crippen molar-refractivity contribution in [1.82, 2.24) is 0 Å². The zero-order valence-electron chi connectivity index (χ0n) is 7.16. The minimum atomic E-state index is -0.462. The van der Waals surface area contributed by atoms with Crippen LogP contribution in [0, 0.1) is 17.3 Å². The van der Waals surface area contributed by atoms with E-state index in [1.165, 1.54) is 0 Å². The van der Waals surface area contributed by atoms with Crippen LogP contribution in [0.5, 0.6) is 0 Å². The summed E-state index contributed by atoms with van der Waals surface area (Å²) in [5, 5.41) is 0. The molecule has 0 aromatic carbocycles. The highest BCUT2D eigenvalue weighted by atomic mass is 16.5. The van der Waals surface area contributed by atoms with Crippen LogP contribution in [0.25, 0.3) is 0 Å². The highest BCUT2D eigenvalue weighted by molar-refractivity contribution is 5.96. The van der Waals surface area contributed by atoms with E-state index in [1.807, 2.05) is 12.2 Å². The van der Waals surface area contributed by atoms with Gasteiger partial charge in [-0.2, -0.15) is 0 Å². The van der Waals surface area contributed by atoms with Crippen LogP contribution in [0.2, 0.25) is 0 Å². The fourth-order valence-corrected chi connectivity index (χ4v) is 2.81. The Bertz CT molecular complexity index is 331. The molecule has 3 nitrogen and oxygen atoms in total. The van der Waals surface area contributed by atoms with Gasteiger partial charge in [-0.25, -0.2) is 0 Å². The van der Waals surface area contributed by atoms with Crippen molar-refractivity contribution in [3.63, 3.8) is 0 Å². The Labute approximate surface area is 75.8 Å². The molecule has 1 heterocycles. The number of rotatable bonds is 0. The minimum Gasteiger partial charge on any atom is -0.464 e. The number of hydrogen-bond donors (Lipinski definition) is 0. The third-order valence-corrected chi connectivity index (χ3v) is 3.53. The number of ketones is 1. The van der Waals surface area contributed by atoms with Gasteiger partial charge in [0.25, 0.3) is 0 Å². The predicted octanol–water partition coefficient (Wildman–Crippen LogP) is 0.695. The second kappa shape index (κ2) is 2.03. The summed E-state index contributed by atoms with van der Waals surface area (Å²) in [6.07, 6.45) is 5.29. The van der Waals surface area contributed by atoms with E-state index in [4.69, 9.17) is 4.74 Å². The monoisotopic (exact) mass is 178 g/mol. The van der Waals surface area contributed by atoms with Crippen LogP contribution in [-0.4, -0.2) is 18.4 Å². The van der Waals surface area contributed by atoms with E-state index < -0.39 is 5.41 Å². The lowest BCUT2D eigenvalue weighted by molar-refractivity contribution is -0.140. The van der Waals surface area contributed by atoms with Gasteiger partial charge in [0.15, 0.2) is 0 Å². The van der Waals surface area contributed by atoms with Gasteiger partial charge in [-0.1, -0.05) is 12.2 Å². The normalized spacial score (nSPS) is 46.5. The summed E-state index contributed by atoms with van der Waals surface area (Å²) in [6.45, 7) is 0.316. The van der Waals surface area contributed by atoms with Gasteiger partial charge < -0.3 is 4.74 Å². The molecule has 1 aliphatic heterocycles. The van der Waals surface area contributed by atoms with Crippen LogP contribution in [0.15, 0.2) is 12.2 Å². The number of carbonyl (C=O) groups excluding carboxylic acids is 2. The summed E-state index contributed by atoms with van der Waals surface area (Å²) in [5.41, 5.74) is -0.462. The molecule has 0 aromatic rings. The van der Waals surface area contributed by atoms with Crippen molar-refractivity contribution in [1.29, 1.82) is 0 Å². The summed E-state index contributed by atoms with van der Waals surface area (Å²) < 4.78 is 4.98. The Balaban J connectivity index is 2.14. The first-order valence-corrected chi connectivity index (χ1v) is 4.61. The van der Waals surface area contributed by atoms with Crippen LogP contribution in [0.1, 0.15) is 12.8 Å². The van der Waals surface area contributed by atoms with Crippen LogP contribution in [0.4, 0.5) is 0 Å². The molecule has 1 saturated carbocycles. The van der Waals surface area contributed by atoms with Gasteiger partial charge in [0.1, 0.15) is 12.4 Å². The van der Waals surface area contributed by atoms with Crippen LogP contribution >= 0.6 is 0 Å². The average molecular weight is 178 g/mol. The maximum absolute atomic E-state index is 11.7. The number of fused-ring (bicyclic) bond motifs is 1. The van der Waals surface area contributed by atoms with Crippen molar-refractivity contribution < 1.29 is 14.3 Å². The van der Waals surface area contributed by atoms with Crippen molar-refractivity contribution in [2.45, 2.75) is 12.8 Å². The van der Waals surface area contributed by atoms with Gasteiger partial charge in [0, 0.05) is 6.42 Å². The molecule has 2 aliphatic carbocycles. The molecule has 0 unspecified atom stereocenters. The van der Waals surface area contributed by atoms with E-state index in [1.54, 1.807) is 0 Å². The van der Waals surface area contributed by atoms with Crippen molar-refractivity contribution in [2.75, 3.05) is 6.61 Å². The fourth-order valence-electron chi connectivity index (χ4n) is 2.81. The van der Waals surface area contributed by atoms with Gasteiger partial charge in [-0.15, -0.1) is 0 Å². The predicted molar refractivity (Wildman–Crippen MR) is 43.8 cm³/mol. The molecule has 0 aromatic heterocycles. The number of allylic oxidation sites excluding steroid dienone is 1. The number of hydrogen-bond acceptors (Lipinski definition) is 3. The van der Waals surface area contributed by atoms with Gasteiger partial charge >= 0.3 is 5.97 Å². The Kier molecular flexibility index (Phi) is 1.14. The molecule has 0 radical (unpaired) electrons. The lowest BCUT2D eigenvalue weighted by Gasteiger charge is -2.25. The molecule has 2 fully saturated rings. The van der Waals surface area contributed by atoms with E-state index in [9.17, 15) is 9.59 Å². The second-order valence-corrected chi connectivity index (χ2v) is 4.22. The van der Waals surface area contributed by atoms with Crippen molar-refractivity contribution >= 4 is 11.8 Å². The van der Waals surface area contributed by atoms with Crippen LogP contribution < -0.4 is 0 Å². The molecule has 3 atom stereocenters. The van der Waals surface area contributed by atoms with E-state index in [0.717, 1.165) is 6.42 Å². The third kappa shape index (κ3) is 0.705. The Morgan fingerprint density at radius 2 is 2.23 bits per heavy atom. The third-order valence-electron chi connectivity index (χ3n) is 3.53.